The minimum Gasteiger partial charge on any atom is -0.356 e. The van der Waals surface area contributed by atoms with Gasteiger partial charge in [-0.05, 0) is 38.0 Å². The predicted octanol–water partition coefficient (Wildman–Crippen LogP) is 4.38. The van der Waals surface area contributed by atoms with Crippen LogP contribution in [0.25, 0.3) is 11.3 Å². The van der Waals surface area contributed by atoms with E-state index < -0.39 is 10.0 Å². The van der Waals surface area contributed by atoms with Crippen molar-refractivity contribution in [2.24, 2.45) is 0 Å². The van der Waals surface area contributed by atoms with Crippen molar-refractivity contribution < 1.29 is 12.9 Å². The number of rotatable bonds is 5. The normalized spacial score (nSPS) is 11.6. The summed E-state index contributed by atoms with van der Waals surface area (Å²) in [6.07, 6.45) is 2.35. The van der Waals surface area contributed by atoms with Gasteiger partial charge in [-0.1, -0.05) is 24.2 Å². The van der Waals surface area contributed by atoms with Crippen LogP contribution < -0.4 is 4.72 Å². The summed E-state index contributed by atoms with van der Waals surface area (Å²) in [6, 6.07) is 9.09. The first-order valence-corrected chi connectivity index (χ1v) is 9.85. The van der Waals surface area contributed by atoms with Crippen LogP contribution in [0.2, 0.25) is 0 Å². The highest BCUT2D eigenvalue weighted by Gasteiger charge is 2.28. The number of nitrogens with zero attached hydrogens (tertiary/aromatic N) is 1. The Kier molecular flexibility index (Phi) is 4.47. The zero-order valence-electron chi connectivity index (χ0n) is 13.7. The Morgan fingerprint density at radius 1 is 1.21 bits per heavy atom. The van der Waals surface area contributed by atoms with Crippen molar-refractivity contribution in [2.45, 2.75) is 32.1 Å². The summed E-state index contributed by atoms with van der Waals surface area (Å²) in [5, 5.41) is 3.69. The van der Waals surface area contributed by atoms with Crippen LogP contribution in [-0.2, 0) is 16.4 Å². The van der Waals surface area contributed by atoms with E-state index in [4.69, 9.17) is 4.52 Å². The highest BCUT2D eigenvalue weighted by Crippen LogP contribution is 2.39. The van der Waals surface area contributed by atoms with Crippen LogP contribution in [0.5, 0.6) is 0 Å². The zero-order valence-corrected chi connectivity index (χ0v) is 15.3. The molecule has 0 fully saturated rings. The molecule has 0 saturated carbocycles. The highest BCUT2D eigenvalue weighted by molar-refractivity contribution is 7.93. The van der Waals surface area contributed by atoms with Crippen molar-refractivity contribution in [3.05, 3.63) is 51.8 Å². The van der Waals surface area contributed by atoms with Crippen molar-refractivity contribution >= 4 is 27.0 Å². The molecule has 7 heteroatoms. The van der Waals surface area contributed by atoms with Gasteiger partial charge in [-0.2, -0.15) is 0 Å². The lowest BCUT2D eigenvalue weighted by atomic mass is 10.1. The maximum absolute atomic E-state index is 13.0. The second-order valence-electron chi connectivity index (χ2n) is 5.45. The topological polar surface area (TPSA) is 72.2 Å². The van der Waals surface area contributed by atoms with Crippen LogP contribution >= 0.6 is 11.3 Å². The maximum atomic E-state index is 13.0. The molecule has 1 N–H and O–H groups in total. The molecule has 0 spiro atoms. The summed E-state index contributed by atoms with van der Waals surface area (Å²) in [4.78, 5) is 1.86. The molecule has 0 radical (unpaired) electrons. The molecule has 0 aliphatic heterocycles. The molecule has 0 amide bonds. The second kappa shape index (κ2) is 6.41. The van der Waals surface area contributed by atoms with E-state index in [9.17, 15) is 8.42 Å². The summed E-state index contributed by atoms with van der Waals surface area (Å²) in [5.74, 6) is 0.458. The van der Waals surface area contributed by atoms with E-state index >= 15 is 0 Å². The highest BCUT2D eigenvalue weighted by atomic mass is 32.2. The van der Waals surface area contributed by atoms with Crippen LogP contribution in [0, 0.1) is 13.8 Å². The van der Waals surface area contributed by atoms with Crippen LogP contribution in [0.1, 0.15) is 22.2 Å². The lowest BCUT2D eigenvalue weighted by Crippen LogP contribution is -2.14. The first kappa shape index (κ1) is 16.7. The summed E-state index contributed by atoms with van der Waals surface area (Å²) >= 11 is 1.43. The van der Waals surface area contributed by atoms with Crippen molar-refractivity contribution in [3.63, 3.8) is 0 Å². The van der Waals surface area contributed by atoms with Crippen molar-refractivity contribution in [2.75, 3.05) is 4.72 Å². The van der Waals surface area contributed by atoms with Gasteiger partial charge in [0.1, 0.15) is 4.90 Å². The molecule has 3 rings (SSSR count). The number of hydrogen-bond donors (Lipinski definition) is 1. The largest absolute Gasteiger partial charge is 0.356 e. The van der Waals surface area contributed by atoms with E-state index in [1.165, 1.54) is 17.5 Å². The molecule has 2 aromatic heterocycles. The Labute approximate surface area is 145 Å². The predicted molar refractivity (Wildman–Crippen MR) is 95.9 cm³/mol. The molecule has 0 aliphatic rings. The average molecular weight is 362 g/mol. The lowest BCUT2D eigenvalue weighted by Gasteiger charge is -2.10. The van der Waals surface area contributed by atoms with Crippen molar-refractivity contribution in [1.82, 2.24) is 5.16 Å². The Balaban J connectivity index is 2.07. The molecule has 0 aliphatic carbocycles. The van der Waals surface area contributed by atoms with E-state index in [0.29, 0.717) is 17.0 Å². The standard InChI is InChI=1S/C17H18N2O3S2/c1-4-13-6-5-7-14(10-13)19-24(20,21)17-12(3)23-11(2)16(17)15-8-9-18-22-15/h5-10,19H,4H2,1-3H3. The fourth-order valence-corrected chi connectivity index (χ4v) is 5.60. The Morgan fingerprint density at radius 3 is 2.67 bits per heavy atom. The summed E-state index contributed by atoms with van der Waals surface area (Å²) in [5.41, 5.74) is 2.21. The third-order valence-electron chi connectivity index (χ3n) is 3.75. The quantitative estimate of drug-likeness (QED) is 0.731. The summed E-state index contributed by atoms with van der Waals surface area (Å²) in [6.45, 7) is 5.71. The number of thiophene rings is 1. The SMILES string of the molecule is CCc1cccc(NS(=O)(=O)c2c(C)sc(C)c2-c2ccno2)c1. The van der Waals surface area contributed by atoms with E-state index in [2.05, 4.69) is 9.88 Å². The second-order valence-corrected chi connectivity index (χ2v) is 8.50. The van der Waals surface area contributed by atoms with Gasteiger partial charge in [0.2, 0.25) is 0 Å². The summed E-state index contributed by atoms with van der Waals surface area (Å²) < 4.78 is 33.9. The molecule has 1 aromatic carbocycles. The van der Waals surface area contributed by atoms with Gasteiger partial charge in [-0.15, -0.1) is 11.3 Å². The lowest BCUT2D eigenvalue weighted by molar-refractivity contribution is 0.431. The molecule has 3 aromatic rings. The van der Waals surface area contributed by atoms with Gasteiger partial charge in [-0.25, -0.2) is 8.42 Å². The fraction of sp³-hybridized carbons (Fsp3) is 0.235. The molecule has 5 nitrogen and oxygen atoms in total. The fourth-order valence-electron chi connectivity index (χ4n) is 2.68. The Bertz CT molecular complexity index is 958. The molecule has 0 bridgehead atoms. The summed E-state index contributed by atoms with van der Waals surface area (Å²) in [7, 11) is -3.73. The zero-order chi connectivity index (χ0) is 17.3. The van der Waals surface area contributed by atoms with Gasteiger partial charge in [0.15, 0.2) is 5.76 Å². The maximum Gasteiger partial charge on any atom is 0.263 e. The number of aromatic nitrogens is 1. The van der Waals surface area contributed by atoms with Crippen molar-refractivity contribution in [1.29, 1.82) is 0 Å². The van der Waals surface area contributed by atoms with Crippen LogP contribution in [0.3, 0.4) is 0 Å². The van der Waals surface area contributed by atoms with Crippen LogP contribution in [-0.4, -0.2) is 13.6 Å². The van der Waals surface area contributed by atoms with Gasteiger partial charge in [0.25, 0.3) is 10.0 Å². The van der Waals surface area contributed by atoms with E-state index in [-0.39, 0.29) is 4.90 Å². The average Bonchev–Trinajstić information content (AvgIpc) is 3.14. The van der Waals surface area contributed by atoms with E-state index in [0.717, 1.165) is 21.7 Å². The Morgan fingerprint density at radius 2 is 2.00 bits per heavy atom. The third kappa shape index (κ3) is 3.09. The number of sulfonamides is 1. The molecular formula is C17H18N2O3S2. The molecule has 126 valence electrons. The van der Waals surface area contributed by atoms with Gasteiger partial charge >= 0.3 is 0 Å². The van der Waals surface area contributed by atoms with E-state index in [1.54, 1.807) is 19.1 Å². The molecule has 0 saturated heterocycles. The smallest absolute Gasteiger partial charge is 0.263 e. The minimum atomic E-state index is -3.73. The van der Waals surface area contributed by atoms with Gasteiger partial charge in [0, 0.05) is 21.5 Å². The third-order valence-corrected chi connectivity index (χ3v) is 6.45. The molecule has 0 atom stereocenters. The number of anilines is 1. The minimum absolute atomic E-state index is 0.253. The first-order chi connectivity index (χ1) is 11.4. The Hall–Kier alpha value is -2.12. The van der Waals surface area contributed by atoms with Gasteiger partial charge in [-0.3, -0.25) is 4.72 Å². The van der Waals surface area contributed by atoms with Gasteiger partial charge in [0.05, 0.1) is 11.8 Å². The number of hydrogen-bond acceptors (Lipinski definition) is 5. The van der Waals surface area contributed by atoms with Crippen LogP contribution in [0.4, 0.5) is 5.69 Å². The molecule has 0 unspecified atom stereocenters. The van der Waals surface area contributed by atoms with Crippen LogP contribution in [0.15, 0.2) is 45.9 Å². The molecule has 24 heavy (non-hydrogen) atoms. The number of nitrogens with one attached hydrogen (secondary N) is 1. The monoisotopic (exact) mass is 362 g/mol. The number of benzene rings is 1. The molecular weight excluding hydrogens is 344 g/mol. The number of aryl methyl sites for hydroxylation is 3. The van der Waals surface area contributed by atoms with E-state index in [1.807, 2.05) is 32.0 Å². The first-order valence-electron chi connectivity index (χ1n) is 7.55. The molecule has 2 heterocycles. The van der Waals surface area contributed by atoms with Gasteiger partial charge < -0.3 is 4.52 Å². The van der Waals surface area contributed by atoms with Crippen molar-refractivity contribution in [3.8, 4) is 11.3 Å².